The van der Waals surface area contributed by atoms with Gasteiger partial charge in [0.25, 0.3) is 0 Å². The molecule has 1 aliphatic heterocycles. The van der Waals surface area contributed by atoms with E-state index in [2.05, 4.69) is 0 Å². The number of amides is 1. The first-order chi connectivity index (χ1) is 16.5. The third-order valence-electron chi connectivity index (χ3n) is 7.47. The molecule has 1 saturated heterocycles. The minimum Gasteiger partial charge on any atom is -0.381 e. The van der Waals surface area contributed by atoms with E-state index in [1.54, 1.807) is 24.3 Å². The number of rotatable bonds is 5. The number of halogens is 1. The molecule has 7 heteroatoms. The number of sulfone groups is 1. The van der Waals surface area contributed by atoms with Crippen LogP contribution in [0.5, 0.6) is 0 Å². The van der Waals surface area contributed by atoms with E-state index in [4.69, 9.17) is 16.3 Å². The maximum atomic E-state index is 14.0. The Morgan fingerprint density at radius 1 is 1.03 bits per heavy atom. The molecule has 0 bridgehead atoms. The van der Waals surface area contributed by atoms with Crippen LogP contribution in [0.1, 0.15) is 70.4 Å². The average Bonchev–Trinajstić information content (AvgIpc) is 3.34. The molecule has 0 spiro atoms. The number of anilines is 1. The molecule has 0 radical (unpaired) electrons. The lowest BCUT2D eigenvalue weighted by Gasteiger charge is -2.39. The number of ether oxygens (including phenoxy) is 1. The standard InChI is InChI=1S/C28H36ClNO4S/c1-20-19-21(9-14-25(20)30(23-7-5-6-8-23)26(31)27(2,3)4)28(15-17-34-18-16-28)35(32,33)24-12-10-22(29)11-13-24/h9-14,19,23H,5-8,15-18H2,1-4H3. The SMILES string of the molecule is Cc1cc(C2(S(=O)(=O)c3ccc(Cl)cc3)CCOCC2)ccc1N(C(=O)C(C)(C)C)C1CCCC1. The van der Waals surface area contributed by atoms with Gasteiger partial charge in [-0.05, 0) is 74.1 Å². The molecule has 0 aromatic heterocycles. The Bertz CT molecular complexity index is 1170. The Kier molecular flexibility index (Phi) is 7.38. The first-order valence-electron chi connectivity index (χ1n) is 12.5. The lowest BCUT2D eigenvalue weighted by Crippen LogP contribution is -2.45. The van der Waals surface area contributed by atoms with Crippen LogP contribution >= 0.6 is 11.6 Å². The lowest BCUT2D eigenvalue weighted by molar-refractivity contribution is -0.126. The smallest absolute Gasteiger partial charge is 0.232 e. The summed E-state index contributed by atoms with van der Waals surface area (Å²) in [6.45, 7) is 8.61. The predicted octanol–water partition coefficient (Wildman–Crippen LogP) is 6.45. The molecule has 0 atom stereocenters. The molecule has 35 heavy (non-hydrogen) atoms. The molecule has 1 heterocycles. The largest absolute Gasteiger partial charge is 0.381 e. The second kappa shape index (κ2) is 9.87. The minimum absolute atomic E-state index is 0.106. The van der Waals surface area contributed by atoms with Crippen LogP contribution in [0.2, 0.25) is 5.02 Å². The van der Waals surface area contributed by atoms with E-state index in [0.717, 1.165) is 42.5 Å². The fourth-order valence-electron chi connectivity index (χ4n) is 5.46. The van der Waals surface area contributed by atoms with Crippen LogP contribution in [-0.2, 0) is 24.1 Å². The van der Waals surface area contributed by atoms with Crippen molar-refractivity contribution >= 4 is 33.0 Å². The van der Waals surface area contributed by atoms with Gasteiger partial charge in [-0.3, -0.25) is 4.79 Å². The number of benzene rings is 2. The highest BCUT2D eigenvalue weighted by molar-refractivity contribution is 7.92. The number of hydrogen-bond acceptors (Lipinski definition) is 4. The Balaban J connectivity index is 1.80. The van der Waals surface area contributed by atoms with E-state index in [0.29, 0.717) is 31.1 Å². The van der Waals surface area contributed by atoms with Crippen LogP contribution in [0.4, 0.5) is 5.69 Å². The summed E-state index contributed by atoms with van der Waals surface area (Å²) in [5, 5.41) is 0.501. The Labute approximate surface area is 214 Å². The highest BCUT2D eigenvalue weighted by atomic mass is 35.5. The fraction of sp³-hybridized carbons (Fsp3) is 0.536. The summed E-state index contributed by atoms with van der Waals surface area (Å²) >= 11 is 6.03. The molecule has 2 aromatic carbocycles. The molecular weight excluding hydrogens is 482 g/mol. The van der Waals surface area contributed by atoms with Crippen LogP contribution in [0.3, 0.4) is 0 Å². The van der Waals surface area contributed by atoms with Gasteiger partial charge < -0.3 is 9.64 Å². The van der Waals surface area contributed by atoms with Gasteiger partial charge in [0.15, 0.2) is 9.84 Å². The van der Waals surface area contributed by atoms with E-state index in [1.807, 2.05) is 50.8 Å². The first-order valence-corrected chi connectivity index (χ1v) is 14.4. The van der Waals surface area contributed by atoms with Gasteiger partial charge in [-0.25, -0.2) is 8.42 Å². The van der Waals surface area contributed by atoms with Gasteiger partial charge in [0.2, 0.25) is 5.91 Å². The van der Waals surface area contributed by atoms with E-state index >= 15 is 0 Å². The van der Waals surface area contributed by atoms with Crippen molar-refractivity contribution < 1.29 is 17.9 Å². The molecule has 2 aromatic rings. The maximum Gasteiger partial charge on any atom is 0.232 e. The summed E-state index contributed by atoms with van der Waals surface area (Å²) in [5.41, 5.74) is 2.05. The zero-order valence-electron chi connectivity index (χ0n) is 21.1. The summed E-state index contributed by atoms with van der Waals surface area (Å²) in [5.74, 6) is 0.106. The molecule has 1 saturated carbocycles. The minimum atomic E-state index is -3.72. The van der Waals surface area contributed by atoms with Gasteiger partial charge in [-0.1, -0.05) is 57.3 Å². The van der Waals surface area contributed by atoms with E-state index in [-0.39, 0.29) is 16.8 Å². The van der Waals surface area contributed by atoms with Crippen molar-refractivity contribution in [1.82, 2.24) is 0 Å². The molecular formula is C28H36ClNO4S. The highest BCUT2D eigenvalue weighted by Gasteiger charge is 2.47. The monoisotopic (exact) mass is 517 g/mol. The molecule has 2 aliphatic rings. The highest BCUT2D eigenvalue weighted by Crippen LogP contribution is 2.45. The summed E-state index contributed by atoms with van der Waals surface area (Å²) in [4.78, 5) is 15.8. The van der Waals surface area contributed by atoms with Crippen LogP contribution in [-0.4, -0.2) is 33.6 Å². The Hall–Kier alpha value is -1.89. The van der Waals surface area contributed by atoms with Crippen molar-refractivity contribution in [2.24, 2.45) is 5.41 Å². The van der Waals surface area contributed by atoms with Crippen molar-refractivity contribution in [2.75, 3.05) is 18.1 Å². The van der Waals surface area contributed by atoms with Crippen molar-refractivity contribution in [3.63, 3.8) is 0 Å². The van der Waals surface area contributed by atoms with Crippen molar-refractivity contribution in [3.8, 4) is 0 Å². The van der Waals surface area contributed by atoms with Gasteiger partial charge in [0.1, 0.15) is 4.75 Å². The molecule has 5 nitrogen and oxygen atoms in total. The zero-order valence-corrected chi connectivity index (χ0v) is 22.7. The predicted molar refractivity (Wildman–Crippen MR) is 141 cm³/mol. The number of nitrogens with zero attached hydrogens (tertiary/aromatic N) is 1. The van der Waals surface area contributed by atoms with Crippen LogP contribution in [0.15, 0.2) is 47.4 Å². The number of aryl methyl sites for hydroxylation is 1. The quantitative estimate of drug-likeness (QED) is 0.457. The van der Waals surface area contributed by atoms with E-state index in [1.165, 1.54) is 0 Å². The second-order valence-electron chi connectivity index (χ2n) is 10.9. The second-order valence-corrected chi connectivity index (χ2v) is 13.6. The van der Waals surface area contributed by atoms with Gasteiger partial charge in [0, 0.05) is 35.4 Å². The van der Waals surface area contributed by atoms with E-state index < -0.39 is 20.0 Å². The summed E-state index contributed by atoms with van der Waals surface area (Å²) in [6, 6.07) is 12.4. The van der Waals surface area contributed by atoms with Crippen LogP contribution in [0, 0.1) is 12.3 Å². The van der Waals surface area contributed by atoms with E-state index in [9.17, 15) is 13.2 Å². The van der Waals surface area contributed by atoms with Crippen molar-refractivity contribution in [2.45, 2.75) is 81.9 Å². The normalized spacial score (nSPS) is 19.0. The summed E-state index contributed by atoms with van der Waals surface area (Å²) < 4.78 is 32.6. The first kappa shape index (κ1) is 26.2. The van der Waals surface area contributed by atoms with Gasteiger partial charge >= 0.3 is 0 Å². The third-order valence-corrected chi connectivity index (χ3v) is 10.3. The number of carbonyl (C=O) groups is 1. The molecule has 1 amide bonds. The van der Waals surface area contributed by atoms with Gasteiger partial charge in [-0.15, -0.1) is 0 Å². The summed E-state index contributed by atoms with van der Waals surface area (Å²) in [7, 11) is -3.72. The molecule has 2 fully saturated rings. The lowest BCUT2D eigenvalue weighted by atomic mass is 9.88. The molecule has 0 unspecified atom stereocenters. The van der Waals surface area contributed by atoms with Crippen LogP contribution < -0.4 is 4.90 Å². The Morgan fingerprint density at radius 3 is 2.17 bits per heavy atom. The van der Waals surface area contributed by atoms with Crippen LogP contribution in [0.25, 0.3) is 0 Å². The molecule has 190 valence electrons. The number of hydrogen-bond donors (Lipinski definition) is 0. The molecule has 1 aliphatic carbocycles. The van der Waals surface area contributed by atoms with Gasteiger partial charge in [0.05, 0.1) is 4.90 Å². The molecule has 4 rings (SSSR count). The van der Waals surface area contributed by atoms with Crippen molar-refractivity contribution in [3.05, 3.63) is 58.6 Å². The zero-order chi connectivity index (χ0) is 25.4. The average molecular weight is 518 g/mol. The topological polar surface area (TPSA) is 63.7 Å². The molecule has 0 N–H and O–H groups in total. The maximum absolute atomic E-state index is 14.0. The van der Waals surface area contributed by atoms with Gasteiger partial charge in [-0.2, -0.15) is 0 Å². The van der Waals surface area contributed by atoms with Crippen molar-refractivity contribution in [1.29, 1.82) is 0 Å². The number of carbonyl (C=O) groups excluding carboxylic acids is 1. The summed E-state index contributed by atoms with van der Waals surface area (Å²) in [6.07, 6.45) is 4.99. The Morgan fingerprint density at radius 2 is 1.63 bits per heavy atom. The third kappa shape index (κ3) is 4.90. The fourth-order valence-corrected chi connectivity index (χ4v) is 7.67.